The molecule has 0 bridgehead atoms. The van der Waals surface area contributed by atoms with E-state index in [1.165, 1.54) is 5.56 Å². The van der Waals surface area contributed by atoms with E-state index in [0.717, 1.165) is 17.9 Å². The molecule has 0 spiro atoms. The smallest absolute Gasteiger partial charge is 0.243 e. The van der Waals surface area contributed by atoms with Crippen LogP contribution < -0.4 is 16.0 Å². The largest absolute Gasteiger partial charge is 0.399 e. The summed E-state index contributed by atoms with van der Waals surface area (Å²) in [5.74, 6) is -0.0372. The third-order valence-corrected chi connectivity index (χ3v) is 3.37. The number of nitrogens with two attached hydrogens (primary N) is 1. The highest BCUT2D eigenvalue weighted by Crippen LogP contribution is 2.19. The van der Waals surface area contributed by atoms with Gasteiger partial charge in [0.2, 0.25) is 5.91 Å². The van der Waals surface area contributed by atoms with Gasteiger partial charge in [0.1, 0.15) is 0 Å². The number of anilines is 3. The summed E-state index contributed by atoms with van der Waals surface area (Å²) in [6, 6.07) is 15.2. The third kappa shape index (κ3) is 3.99. The van der Waals surface area contributed by atoms with Crippen molar-refractivity contribution in [2.75, 3.05) is 29.0 Å². The highest BCUT2D eigenvalue weighted by Gasteiger charge is 2.11. The van der Waals surface area contributed by atoms with Gasteiger partial charge in [-0.25, -0.2) is 0 Å². The van der Waals surface area contributed by atoms with Gasteiger partial charge in [-0.3, -0.25) is 4.79 Å². The SMILES string of the molecule is CCN(CC(=O)Nc1ccc(N)cc1)c1ccccc1C. The number of nitrogens with zero attached hydrogens (tertiary/aromatic N) is 1. The van der Waals surface area contributed by atoms with Gasteiger partial charge < -0.3 is 16.0 Å². The fraction of sp³-hybridized carbons (Fsp3) is 0.235. The van der Waals surface area contributed by atoms with Crippen LogP contribution in [0.4, 0.5) is 17.1 Å². The number of nitrogen functional groups attached to an aromatic ring is 1. The van der Waals surface area contributed by atoms with Crippen molar-refractivity contribution in [3.63, 3.8) is 0 Å². The summed E-state index contributed by atoms with van der Waals surface area (Å²) in [6.45, 7) is 5.20. The van der Waals surface area contributed by atoms with Crippen molar-refractivity contribution in [3.8, 4) is 0 Å². The Labute approximate surface area is 125 Å². The Morgan fingerprint density at radius 1 is 1.14 bits per heavy atom. The van der Waals surface area contributed by atoms with Gasteiger partial charge in [-0.05, 0) is 49.7 Å². The zero-order chi connectivity index (χ0) is 15.2. The van der Waals surface area contributed by atoms with Gasteiger partial charge in [0.05, 0.1) is 6.54 Å². The molecule has 3 N–H and O–H groups in total. The number of hydrogen-bond acceptors (Lipinski definition) is 3. The van der Waals surface area contributed by atoms with Crippen molar-refractivity contribution in [1.29, 1.82) is 0 Å². The van der Waals surface area contributed by atoms with Crippen LogP contribution in [0.5, 0.6) is 0 Å². The Bertz CT molecular complexity index is 608. The maximum Gasteiger partial charge on any atom is 0.243 e. The minimum Gasteiger partial charge on any atom is -0.399 e. The number of hydrogen-bond donors (Lipinski definition) is 2. The average molecular weight is 283 g/mol. The first-order chi connectivity index (χ1) is 10.1. The second-order valence-electron chi connectivity index (χ2n) is 4.97. The molecule has 4 nitrogen and oxygen atoms in total. The number of benzene rings is 2. The van der Waals surface area contributed by atoms with E-state index in [1.54, 1.807) is 24.3 Å². The Morgan fingerprint density at radius 2 is 1.81 bits per heavy atom. The topological polar surface area (TPSA) is 58.4 Å². The van der Waals surface area contributed by atoms with Gasteiger partial charge in [0, 0.05) is 23.6 Å². The fourth-order valence-electron chi connectivity index (χ4n) is 2.23. The predicted octanol–water partition coefficient (Wildman–Crippen LogP) is 3.04. The molecule has 0 aliphatic carbocycles. The van der Waals surface area contributed by atoms with E-state index >= 15 is 0 Å². The molecule has 110 valence electrons. The van der Waals surface area contributed by atoms with Crippen LogP contribution in [-0.2, 0) is 4.79 Å². The van der Waals surface area contributed by atoms with Crippen molar-refractivity contribution in [2.24, 2.45) is 0 Å². The molecular weight excluding hydrogens is 262 g/mol. The van der Waals surface area contributed by atoms with Crippen molar-refractivity contribution < 1.29 is 4.79 Å². The standard InChI is InChI=1S/C17H21N3O/c1-3-20(16-7-5-4-6-13(16)2)12-17(21)19-15-10-8-14(18)9-11-15/h4-11H,3,12,18H2,1-2H3,(H,19,21). The third-order valence-electron chi connectivity index (χ3n) is 3.37. The molecule has 4 heteroatoms. The lowest BCUT2D eigenvalue weighted by Gasteiger charge is -2.24. The summed E-state index contributed by atoms with van der Waals surface area (Å²) in [5, 5.41) is 2.89. The Morgan fingerprint density at radius 3 is 2.43 bits per heavy atom. The first-order valence-corrected chi connectivity index (χ1v) is 7.06. The van der Waals surface area contributed by atoms with E-state index in [2.05, 4.69) is 23.2 Å². The van der Waals surface area contributed by atoms with E-state index < -0.39 is 0 Å². The number of likely N-dealkylation sites (N-methyl/N-ethyl adjacent to an activating group) is 1. The highest BCUT2D eigenvalue weighted by atomic mass is 16.2. The Kier molecular flexibility index (Phi) is 4.82. The molecule has 0 saturated heterocycles. The van der Waals surface area contributed by atoms with Crippen molar-refractivity contribution in [3.05, 3.63) is 54.1 Å². The summed E-state index contributed by atoms with van der Waals surface area (Å²) in [6.07, 6.45) is 0. The van der Waals surface area contributed by atoms with Gasteiger partial charge in [0.15, 0.2) is 0 Å². The maximum atomic E-state index is 12.2. The van der Waals surface area contributed by atoms with Crippen LogP contribution in [0.15, 0.2) is 48.5 Å². The number of para-hydroxylation sites is 1. The van der Waals surface area contributed by atoms with Crippen molar-refractivity contribution >= 4 is 23.0 Å². The monoisotopic (exact) mass is 283 g/mol. The molecule has 2 aromatic rings. The molecule has 0 atom stereocenters. The first-order valence-electron chi connectivity index (χ1n) is 7.06. The first kappa shape index (κ1) is 14.9. The number of aryl methyl sites for hydroxylation is 1. The van der Waals surface area contributed by atoms with Crippen LogP contribution in [-0.4, -0.2) is 19.0 Å². The van der Waals surface area contributed by atoms with E-state index in [0.29, 0.717) is 12.2 Å². The molecule has 2 aromatic carbocycles. The molecular formula is C17H21N3O. The summed E-state index contributed by atoms with van der Waals surface area (Å²) in [4.78, 5) is 14.2. The predicted molar refractivity (Wildman–Crippen MR) is 88.6 cm³/mol. The number of carbonyl (C=O) groups excluding carboxylic acids is 1. The lowest BCUT2D eigenvalue weighted by Crippen LogP contribution is -2.33. The zero-order valence-corrected chi connectivity index (χ0v) is 12.5. The number of nitrogens with one attached hydrogen (secondary N) is 1. The van der Waals surface area contributed by atoms with E-state index in [-0.39, 0.29) is 5.91 Å². The van der Waals surface area contributed by atoms with Crippen LogP contribution in [0, 0.1) is 6.92 Å². The number of rotatable bonds is 5. The lowest BCUT2D eigenvalue weighted by molar-refractivity contribution is -0.115. The quantitative estimate of drug-likeness (QED) is 0.829. The number of carbonyl (C=O) groups is 1. The van der Waals surface area contributed by atoms with Crippen molar-refractivity contribution in [2.45, 2.75) is 13.8 Å². The van der Waals surface area contributed by atoms with Crippen LogP contribution in [0.1, 0.15) is 12.5 Å². The van der Waals surface area contributed by atoms with Gasteiger partial charge >= 0.3 is 0 Å². The van der Waals surface area contributed by atoms with Crippen LogP contribution in [0.3, 0.4) is 0 Å². The number of amides is 1. The second kappa shape index (κ2) is 6.79. The Balaban J connectivity index is 2.03. The minimum absolute atomic E-state index is 0.0372. The average Bonchev–Trinajstić information content (AvgIpc) is 2.48. The van der Waals surface area contributed by atoms with Gasteiger partial charge in [-0.2, -0.15) is 0 Å². The highest BCUT2D eigenvalue weighted by molar-refractivity contribution is 5.94. The fourth-order valence-corrected chi connectivity index (χ4v) is 2.23. The minimum atomic E-state index is -0.0372. The molecule has 1 amide bonds. The normalized spacial score (nSPS) is 10.2. The van der Waals surface area contributed by atoms with Crippen molar-refractivity contribution in [1.82, 2.24) is 0 Å². The molecule has 0 fully saturated rings. The van der Waals surface area contributed by atoms with E-state index in [9.17, 15) is 4.79 Å². The van der Waals surface area contributed by atoms with Gasteiger partial charge in [-0.15, -0.1) is 0 Å². The molecule has 0 radical (unpaired) electrons. The van der Waals surface area contributed by atoms with E-state index in [1.807, 2.05) is 25.1 Å². The molecule has 0 aliphatic rings. The molecule has 21 heavy (non-hydrogen) atoms. The maximum absolute atomic E-state index is 12.2. The second-order valence-corrected chi connectivity index (χ2v) is 4.97. The summed E-state index contributed by atoms with van der Waals surface area (Å²) in [5.41, 5.74) is 9.33. The van der Waals surface area contributed by atoms with E-state index in [4.69, 9.17) is 5.73 Å². The molecule has 0 aliphatic heterocycles. The molecule has 0 saturated carbocycles. The van der Waals surface area contributed by atoms with Gasteiger partial charge in [0.25, 0.3) is 0 Å². The van der Waals surface area contributed by atoms with Crippen LogP contribution >= 0.6 is 0 Å². The Hall–Kier alpha value is -2.49. The lowest BCUT2D eigenvalue weighted by atomic mass is 10.2. The zero-order valence-electron chi connectivity index (χ0n) is 12.5. The summed E-state index contributed by atoms with van der Waals surface area (Å²) < 4.78 is 0. The molecule has 0 aromatic heterocycles. The van der Waals surface area contributed by atoms with Crippen LogP contribution in [0.2, 0.25) is 0 Å². The van der Waals surface area contributed by atoms with Crippen LogP contribution in [0.25, 0.3) is 0 Å². The summed E-state index contributed by atoms with van der Waals surface area (Å²) in [7, 11) is 0. The molecule has 0 heterocycles. The molecule has 2 rings (SSSR count). The molecule has 0 unspecified atom stereocenters. The summed E-state index contributed by atoms with van der Waals surface area (Å²) >= 11 is 0. The van der Waals surface area contributed by atoms with Gasteiger partial charge in [-0.1, -0.05) is 18.2 Å².